The summed E-state index contributed by atoms with van der Waals surface area (Å²) in [6.45, 7) is 6.07. The number of aldehydes is 1. The number of carbonyl (C=O) groups excluding carboxylic acids is 2. The van der Waals surface area contributed by atoms with Gasteiger partial charge in [0.25, 0.3) is 5.69 Å². The average Bonchev–Trinajstić information content (AvgIpc) is 2.92. The molecule has 0 spiro atoms. The molecule has 7 nitrogen and oxygen atoms in total. The molecule has 0 heterocycles. The third-order valence-electron chi connectivity index (χ3n) is 5.65. The first-order valence-electron chi connectivity index (χ1n) is 12.5. The van der Waals surface area contributed by atoms with Gasteiger partial charge in [-0.1, -0.05) is 88.0 Å². The normalized spacial score (nSPS) is 13.4. The second-order valence-electron chi connectivity index (χ2n) is 7.98. The molecule has 0 aliphatic heterocycles. The van der Waals surface area contributed by atoms with Gasteiger partial charge in [-0.3, -0.25) is 14.9 Å². The minimum absolute atomic E-state index is 0.0421. The van der Waals surface area contributed by atoms with E-state index in [1.165, 1.54) is 19.6 Å². The summed E-state index contributed by atoms with van der Waals surface area (Å²) in [6, 6.07) is 13.4. The van der Waals surface area contributed by atoms with Crippen LogP contribution in [0.1, 0.15) is 82.5 Å². The van der Waals surface area contributed by atoms with Crippen LogP contribution in [0.3, 0.4) is 0 Å². The molecule has 0 atom stereocenters. The third kappa shape index (κ3) is 9.43. The standard InChI is InChI=1S/C21H22N2O4.C5H10O.C2H6/c1-27-22-20(16-7-3-2-4-8-16)21(24)17-13-11-15(12-14-17)18-9-5-6-10-19(18)23(25)26;1-2-3-4-5-6;1-2/h5-6,9-14,16H,2-4,7-8H2,1H3;5H,2-4H2,1H3;1-2H3/b22-20-;;. The van der Waals surface area contributed by atoms with Crippen LogP contribution in [0.15, 0.2) is 53.7 Å². The van der Waals surface area contributed by atoms with Crippen LogP contribution >= 0.6 is 0 Å². The van der Waals surface area contributed by atoms with E-state index in [0.717, 1.165) is 51.2 Å². The van der Waals surface area contributed by atoms with E-state index >= 15 is 0 Å². The first-order chi connectivity index (χ1) is 17.0. The minimum atomic E-state index is -0.402. The van der Waals surface area contributed by atoms with E-state index in [1.807, 2.05) is 13.8 Å². The van der Waals surface area contributed by atoms with Crippen molar-refractivity contribution in [3.63, 3.8) is 0 Å². The Morgan fingerprint density at radius 3 is 2.23 bits per heavy atom. The number of hydrogen-bond acceptors (Lipinski definition) is 6. The summed E-state index contributed by atoms with van der Waals surface area (Å²) in [4.78, 5) is 38.3. The lowest BCUT2D eigenvalue weighted by molar-refractivity contribution is -0.384. The van der Waals surface area contributed by atoms with Gasteiger partial charge in [-0.05, 0) is 30.9 Å². The largest absolute Gasteiger partial charge is 0.399 e. The number of nitro groups is 1. The van der Waals surface area contributed by atoms with Crippen molar-refractivity contribution in [1.82, 2.24) is 0 Å². The summed E-state index contributed by atoms with van der Waals surface area (Å²) in [5.41, 5.74) is 2.25. The van der Waals surface area contributed by atoms with E-state index < -0.39 is 4.92 Å². The molecule has 3 rings (SSSR count). The Hall–Kier alpha value is -3.35. The highest BCUT2D eigenvalue weighted by Crippen LogP contribution is 2.30. The van der Waals surface area contributed by atoms with Crippen LogP contribution < -0.4 is 0 Å². The number of oxime groups is 1. The van der Waals surface area contributed by atoms with Gasteiger partial charge in [0.15, 0.2) is 0 Å². The quantitative estimate of drug-likeness (QED) is 0.0924. The van der Waals surface area contributed by atoms with Crippen LogP contribution in [-0.4, -0.2) is 29.8 Å². The van der Waals surface area contributed by atoms with Crippen molar-refractivity contribution < 1.29 is 19.3 Å². The maximum absolute atomic E-state index is 12.9. The van der Waals surface area contributed by atoms with Crippen LogP contribution in [0.4, 0.5) is 5.69 Å². The van der Waals surface area contributed by atoms with Gasteiger partial charge in [-0.25, -0.2) is 0 Å². The molecule has 0 unspecified atom stereocenters. The molecule has 35 heavy (non-hydrogen) atoms. The number of benzene rings is 2. The summed E-state index contributed by atoms with van der Waals surface area (Å²) in [5, 5.41) is 15.2. The zero-order valence-corrected chi connectivity index (χ0v) is 21.4. The van der Waals surface area contributed by atoms with E-state index in [-0.39, 0.29) is 17.4 Å². The number of nitro benzene ring substituents is 1. The van der Waals surface area contributed by atoms with E-state index in [1.54, 1.807) is 42.5 Å². The summed E-state index contributed by atoms with van der Waals surface area (Å²) in [7, 11) is 1.45. The predicted octanol–water partition coefficient (Wildman–Crippen LogP) is 7.43. The molecule has 0 radical (unpaired) electrons. The van der Waals surface area contributed by atoms with Crippen molar-refractivity contribution in [1.29, 1.82) is 0 Å². The van der Waals surface area contributed by atoms with Gasteiger partial charge in [0.2, 0.25) is 5.78 Å². The number of unbranched alkanes of at least 4 members (excludes halogenated alkanes) is 2. The summed E-state index contributed by atoms with van der Waals surface area (Å²) >= 11 is 0. The van der Waals surface area contributed by atoms with Crippen molar-refractivity contribution in [2.45, 2.75) is 72.1 Å². The van der Waals surface area contributed by atoms with E-state index in [2.05, 4.69) is 12.1 Å². The van der Waals surface area contributed by atoms with Crippen LogP contribution in [0, 0.1) is 16.0 Å². The molecule has 0 N–H and O–H groups in total. The highest BCUT2D eigenvalue weighted by Gasteiger charge is 2.26. The minimum Gasteiger partial charge on any atom is -0.399 e. The topological polar surface area (TPSA) is 98.9 Å². The molecule has 0 amide bonds. The molecule has 1 aliphatic carbocycles. The Balaban J connectivity index is 0.000000670. The highest BCUT2D eigenvalue weighted by atomic mass is 16.6. The van der Waals surface area contributed by atoms with Gasteiger partial charge in [0, 0.05) is 24.0 Å². The Kier molecular flexibility index (Phi) is 14.5. The van der Waals surface area contributed by atoms with Crippen LogP contribution in [-0.2, 0) is 9.63 Å². The summed E-state index contributed by atoms with van der Waals surface area (Å²) < 4.78 is 0. The second-order valence-corrected chi connectivity index (χ2v) is 7.98. The first-order valence-corrected chi connectivity index (χ1v) is 12.5. The van der Waals surface area contributed by atoms with Gasteiger partial charge in [-0.2, -0.15) is 0 Å². The highest BCUT2D eigenvalue weighted by molar-refractivity contribution is 6.46. The molecule has 7 heteroatoms. The molecular weight excluding hydrogens is 444 g/mol. The lowest BCUT2D eigenvalue weighted by Crippen LogP contribution is -2.26. The molecule has 1 saturated carbocycles. The number of hydrogen-bond donors (Lipinski definition) is 0. The summed E-state index contributed by atoms with van der Waals surface area (Å²) in [5.74, 6) is -0.0149. The van der Waals surface area contributed by atoms with Crippen LogP contribution in [0.25, 0.3) is 11.1 Å². The zero-order chi connectivity index (χ0) is 26.1. The molecule has 0 aromatic heterocycles. The smallest absolute Gasteiger partial charge is 0.277 e. The summed E-state index contributed by atoms with van der Waals surface area (Å²) in [6.07, 6.45) is 9.14. The average molecular weight is 483 g/mol. The van der Waals surface area contributed by atoms with Crippen molar-refractivity contribution in [2.75, 3.05) is 7.11 Å². The molecule has 190 valence electrons. The van der Waals surface area contributed by atoms with Crippen LogP contribution in [0.2, 0.25) is 0 Å². The fraction of sp³-hybridized carbons (Fsp3) is 0.464. The van der Waals surface area contributed by atoms with E-state index in [0.29, 0.717) is 22.4 Å². The van der Waals surface area contributed by atoms with Gasteiger partial charge < -0.3 is 9.63 Å². The maximum Gasteiger partial charge on any atom is 0.277 e. The molecule has 0 bridgehead atoms. The lowest BCUT2D eigenvalue weighted by Gasteiger charge is -2.22. The van der Waals surface area contributed by atoms with Gasteiger partial charge >= 0.3 is 0 Å². The predicted molar refractivity (Wildman–Crippen MR) is 141 cm³/mol. The molecule has 2 aromatic carbocycles. The van der Waals surface area contributed by atoms with Gasteiger partial charge in [0.05, 0.1) is 10.5 Å². The van der Waals surface area contributed by atoms with Crippen molar-refractivity contribution in [2.24, 2.45) is 11.1 Å². The van der Waals surface area contributed by atoms with Crippen molar-refractivity contribution >= 4 is 23.5 Å². The SMILES string of the molecule is CC.CCCCC=O.CO/N=C(\C(=O)c1ccc(-c2ccccc2[N+](=O)[O-])cc1)C1CCCCC1. The van der Waals surface area contributed by atoms with E-state index in [9.17, 15) is 19.7 Å². The monoisotopic (exact) mass is 482 g/mol. The fourth-order valence-corrected chi connectivity index (χ4v) is 3.89. The number of ketones is 1. The molecule has 1 fully saturated rings. The van der Waals surface area contributed by atoms with Gasteiger partial charge in [0.1, 0.15) is 19.1 Å². The van der Waals surface area contributed by atoms with Crippen LogP contribution in [0.5, 0.6) is 0 Å². The Morgan fingerprint density at radius 2 is 1.71 bits per heavy atom. The molecule has 1 aliphatic rings. The number of rotatable bonds is 9. The number of para-hydroxylation sites is 1. The van der Waals surface area contributed by atoms with E-state index in [4.69, 9.17) is 4.84 Å². The lowest BCUT2D eigenvalue weighted by atomic mass is 9.83. The Labute approximate surface area is 208 Å². The fourth-order valence-electron chi connectivity index (χ4n) is 3.89. The van der Waals surface area contributed by atoms with Gasteiger partial charge in [-0.15, -0.1) is 0 Å². The second kappa shape index (κ2) is 17.1. The third-order valence-corrected chi connectivity index (χ3v) is 5.65. The maximum atomic E-state index is 12.9. The molecule has 2 aromatic rings. The Morgan fingerprint density at radius 1 is 1.09 bits per heavy atom. The van der Waals surface area contributed by atoms with Crippen molar-refractivity contribution in [3.05, 3.63) is 64.2 Å². The molecule has 0 saturated heterocycles. The molecular formula is C28H38N2O5. The zero-order valence-electron chi connectivity index (χ0n) is 21.4. The number of Topliss-reactive ketones (excluding diaryl/α,β-unsaturated/α-hetero) is 1. The number of carbonyl (C=O) groups is 2. The first kappa shape index (κ1) is 29.7. The van der Waals surface area contributed by atoms with Crippen molar-refractivity contribution in [3.8, 4) is 11.1 Å². The Bertz CT molecular complexity index is 948. The number of nitrogens with zero attached hydrogens (tertiary/aromatic N) is 2.